The first kappa shape index (κ1) is 11.3. The number of ketones is 1. The average molecular weight is 220 g/mol. The van der Waals surface area contributed by atoms with E-state index in [4.69, 9.17) is 9.47 Å². The van der Waals surface area contributed by atoms with Crippen molar-refractivity contribution in [3.8, 4) is 0 Å². The molecule has 1 atom stereocenters. The number of carbonyl (C=O) groups is 1. The molecule has 0 amide bonds. The van der Waals surface area contributed by atoms with E-state index in [1.807, 2.05) is 25.1 Å². The van der Waals surface area contributed by atoms with Crippen LogP contribution in [0.1, 0.15) is 21.5 Å². The Bertz CT molecular complexity index is 408. The van der Waals surface area contributed by atoms with E-state index in [9.17, 15) is 4.79 Å². The molecular formula is C13H16O3. The average Bonchev–Trinajstić information content (AvgIpc) is 2.59. The summed E-state index contributed by atoms with van der Waals surface area (Å²) in [6.45, 7) is 1.99. The van der Waals surface area contributed by atoms with Gasteiger partial charge in [0.2, 0.25) is 0 Å². The van der Waals surface area contributed by atoms with Crippen molar-refractivity contribution in [3.05, 3.63) is 34.9 Å². The highest BCUT2D eigenvalue weighted by Crippen LogP contribution is 2.30. The number of ether oxygens (including phenoxy) is 2. The predicted molar refractivity (Wildman–Crippen MR) is 60.5 cm³/mol. The lowest BCUT2D eigenvalue weighted by molar-refractivity contribution is -0.125. The quantitative estimate of drug-likeness (QED) is 0.730. The van der Waals surface area contributed by atoms with Crippen LogP contribution in [0, 0.1) is 12.8 Å². The largest absolute Gasteiger partial charge is 0.355 e. The van der Waals surface area contributed by atoms with E-state index < -0.39 is 6.29 Å². The predicted octanol–water partition coefficient (Wildman–Crippen LogP) is 1.97. The van der Waals surface area contributed by atoms with Crippen LogP contribution in [0.5, 0.6) is 0 Å². The number of benzene rings is 1. The second-order valence-corrected chi connectivity index (χ2v) is 4.18. The summed E-state index contributed by atoms with van der Waals surface area (Å²) in [6.07, 6.45) is 0.265. The number of hydrogen-bond acceptors (Lipinski definition) is 3. The van der Waals surface area contributed by atoms with Crippen LogP contribution in [-0.2, 0) is 15.9 Å². The van der Waals surface area contributed by atoms with E-state index in [0.29, 0.717) is 6.42 Å². The zero-order valence-electron chi connectivity index (χ0n) is 9.82. The Labute approximate surface area is 95.4 Å². The number of Topliss-reactive ketones (excluding diaryl/α,β-unsaturated/α-hetero) is 1. The number of hydrogen-bond donors (Lipinski definition) is 0. The van der Waals surface area contributed by atoms with Gasteiger partial charge in [0.15, 0.2) is 12.1 Å². The van der Waals surface area contributed by atoms with Crippen molar-refractivity contribution in [2.45, 2.75) is 19.6 Å². The summed E-state index contributed by atoms with van der Waals surface area (Å²) in [6, 6.07) is 5.99. The fraction of sp³-hybridized carbons (Fsp3) is 0.462. The molecule has 3 nitrogen and oxygen atoms in total. The smallest absolute Gasteiger partial charge is 0.171 e. The van der Waals surface area contributed by atoms with E-state index in [1.165, 1.54) is 0 Å². The van der Waals surface area contributed by atoms with Crippen molar-refractivity contribution in [1.82, 2.24) is 0 Å². The Kier molecular flexibility index (Phi) is 3.08. The van der Waals surface area contributed by atoms with Gasteiger partial charge in [-0.25, -0.2) is 0 Å². The first-order valence-electron chi connectivity index (χ1n) is 5.36. The van der Waals surface area contributed by atoms with Gasteiger partial charge in [0.1, 0.15) is 0 Å². The van der Waals surface area contributed by atoms with Crippen LogP contribution in [-0.4, -0.2) is 26.3 Å². The maximum atomic E-state index is 12.1. The third-order valence-corrected chi connectivity index (χ3v) is 3.10. The molecule has 1 unspecified atom stereocenters. The van der Waals surface area contributed by atoms with Gasteiger partial charge >= 0.3 is 0 Å². The van der Waals surface area contributed by atoms with Crippen LogP contribution < -0.4 is 0 Å². The standard InChI is InChI=1S/C13H16O3/c1-8-4-5-9-7-11(13(15-2)16-3)12(14)10(9)6-8/h4-6,11,13H,7H2,1-3H3. The Morgan fingerprint density at radius 1 is 1.31 bits per heavy atom. The summed E-state index contributed by atoms with van der Waals surface area (Å²) < 4.78 is 10.3. The Balaban J connectivity index is 2.30. The minimum atomic E-state index is -0.444. The van der Waals surface area contributed by atoms with Gasteiger partial charge in [0, 0.05) is 19.8 Å². The molecule has 0 saturated heterocycles. The summed E-state index contributed by atoms with van der Waals surface area (Å²) in [4.78, 5) is 12.1. The highest BCUT2D eigenvalue weighted by atomic mass is 16.7. The van der Waals surface area contributed by atoms with Crippen LogP contribution in [0.3, 0.4) is 0 Å². The molecule has 1 aliphatic rings. The molecule has 2 rings (SSSR count). The second kappa shape index (κ2) is 4.36. The maximum absolute atomic E-state index is 12.1. The van der Waals surface area contributed by atoms with Crippen molar-refractivity contribution < 1.29 is 14.3 Å². The molecule has 16 heavy (non-hydrogen) atoms. The Hall–Kier alpha value is -1.19. The molecule has 0 spiro atoms. The molecule has 86 valence electrons. The van der Waals surface area contributed by atoms with E-state index in [1.54, 1.807) is 14.2 Å². The number of aryl methyl sites for hydroxylation is 1. The number of methoxy groups -OCH3 is 2. The van der Waals surface area contributed by atoms with E-state index >= 15 is 0 Å². The maximum Gasteiger partial charge on any atom is 0.171 e. The normalized spacial score (nSPS) is 19.2. The number of rotatable bonds is 3. The van der Waals surface area contributed by atoms with Crippen LogP contribution in [0.25, 0.3) is 0 Å². The first-order chi connectivity index (χ1) is 7.67. The van der Waals surface area contributed by atoms with E-state index in [0.717, 1.165) is 16.7 Å². The molecule has 0 aromatic heterocycles. The molecule has 0 bridgehead atoms. The minimum absolute atomic E-state index is 0.132. The molecule has 0 N–H and O–H groups in total. The lowest BCUT2D eigenvalue weighted by Crippen LogP contribution is -2.29. The van der Waals surface area contributed by atoms with Crippen molar-refractivity contribution in [3.63, 3.8) is 0 Å². The van der Waals surface area contributed by atoms with Crippen LogP contribution in [0.15, 0.2) is 18.2 Å². The second-order valence-electron chi connectivity index (χ2n) is 4.18. The minimum Gasteiger partial charge on any atom is -0.355 e. The summed E-state index contributed by atoms with van der Waals surface area (Å²) >= 11 is 0. The molecule has 0 saturated carbocycles. The SMILES string of the molecule is COC(OC)C1Cc2ccc(C)cc2C1=O. The number of fused-ring (bicyclic) bond motifs is 1. The first-order valence-corrected chi connectivity index (χ1v) is 5.36. The van der Waals surface area contributed by atoms with Crippen LogP contribution in [0.4, 0.5) is 0 Å². The molecule has 0 fully saturated rings. The molecule has 0 heterocycles. The summed E-state index contributed by atoms with van der Waals surface area (Å²) in [5.41, 5.74) is 3.03. The lowest BCUT2D eigenvalue weighted by Gasteiger charge is -2.18. The fourth-order valence-electron chi connectivity index (χ4n) is 2.27. The van der Waals surface area contributed by atoms with Gasteiger partial charge in [0.05, 0.1) is 5.92 Å². The van der Waals surface area contributed by atoms with Gasteiger partial charge in [-0.1, -0.05) is 17.7 Å². The topological polar surface area (TPSA) is 35.5 Å². The molecule has 0 aliphatic heterocycles. The molecule has 1 aliphatic carbocycles. The van der Waals surface area contributed by atoms with E-state index in [-0.39, 0.29) is 11.7 Å². The van der Waals surface area contributed by atoms with Crippen molar-refractivity contribution >= 4 is 5.78 Å². The highest BCUT2D eigenvalue weighted by Gasteiger charge is 2.36. The van der Waals surface area contributed by atoms with Gasteiger partial charge in [-0.15, -0.1) is 0 Å². The summed E-state index contributed by atoms with van der Waals surface area (Å²) in [5, 5.41) is 0. The zero-order valence-corrected chi connectivity index (χ0v) is 9.82. The summed E-state index contributed by atoms with van der Waals surface area (Å²) in [5.74, 6) is -0.0702. The Morgan fingerprint density at radius 3 is 2.62 bits per heavy atom. The highest BCUT2D eigenvalue weighted by molar-refractivity contribution is 6.02. The van der Waals surface area contributed by atoms with Crippen LogP contribution >= 0.6 is 0 Å². The van der Waals surface area contributed by atoms with Gasteiger partial charge in [-0.3, -0.25) is 4.79 Å². The van der Waals surface area contributed by atoms with Gasteiger partial charge in [0.25, 0.3) is 0 Å². The molecule has 3 heteroatoms. The van der Waals surface area contributed by atoms with Crippen molar-refractivity contribution in [2.24, 2.45) is 5.92 Å². The van der Waals surface area contributed by atoms with E-state index in [2.05, 4.69) is 0 Å². The molecule has 1 aromatic rings. The molecular weight excluding hydrogens is 204 g/mol. The Morgan fingerprint density at radius 2 is 2.00 bits per heavy atom. The molecule has 0 radical (unpaired) electrons. The molecule has 1 aromatic carbocycles. The lowest BCUT2D eigenvalue weighted by atomic mass is 10.0. The van der Waals surface area contributed by atoms with Gasteiger partial charge < -0.3 is 9.47 Å². The van der Waals surface area contributed by atoms with Crippen molar-refractivity contribution in [1.29, 1.82) is 0 Å². The van der Waals surface area contributed by atoms with Gasteiger partial charge in [-0.05, 0) is 25.0 Å². The number of carbonyl (C=O) groups excluding carboxylic acids is 1. The van der Waals surface area contributed by atoms with Gasteiger partial charge in [-0.2, -0.15) is 0 Å². The van der Waals surface area contributed by atoms with Crippen LogP contribution in [0.2, 0.25) is 0 Å². The monoisotopic (exact) mass is 220 g/mol. The fourth-order valence-corrected chi connectivity index (χ4v) is 2.27. The third kappa shape index (κ3) is 1.77. The third-order valence-electron chi connectivity index (χ3n) is 3.10. The summed E-state index contributed by atoms with van der Waals surface area (Å²) in [7, 11) is 3.13. The zero-order chi connectivity index (χ0) is 11.7. The van der Waals surface area contributed by atoms with Crippen molar-refractivity contribution in [2.75, 3.05) is 14.2 Å².